The Morgan fingerprint density at radius 2 is 1.89 bits per heavy atom. The van der Waals surface area contributed by atoms with Gasteiger partial charge in [0.25, 0.3) is 5.56 Å². The maximum Gasteiger partial charge on any atom is 0.251 e. The minimum Gasteiger partial charge on any atom is -0.335 e. The Labute approximate surface area is 113 Å². The summed E-state index contributed by atoms with van der Waals surface area (Å²) >= 11 is 4.87. The molecule has 0 aliphatic heterocycles. The van der Waals surface area contributed by atoms with Crippen LogP contribution in [0, 0.1) is 16.4 Å². The molecule has 2 N–H and O–H groups in total. The van der Waals surface area contributed by atoms with E-state index in [1.54, 1.807) is 6.92 Å². The van der Waals surface area contributed by atoms with E-state index in [0.717, 1.165) is 0 Å². The molecule has 0 amide bonds. The van der Waals surface area contributed by atoms with Crippen LogP contribution in [0.1, 0.15) is 30.5 Å². The van der Waals surface area contributed by atoms with Gasteiger partial charge in [-0.15, -0.1) is 0 Å². The van der Waals surface area contributed by atoms with Crippen LogP contribution in [0.2, 0.25) is 0 Å². The van der Waals surface area contributed by atoms with Gasteiger partial charge in [0.1, 0.15) is 11.6 Å². The van der Waals surface area contributed by atoms with E-state index in [-0.39, 0.29) is 10.3 Å². The normalized spacial score (nSPS) is 12.4. The number of nitrogens with one attached hydrogen (secondary N) is 2. The highest BCUT2D eigenvalue weighted by molar-refractivity contribution is 7.71. The molecule has 6 heteroatoms. The first-order valence-corrected chi connectivity index (χ1v) is 6.21. The Hall–Kier alpha value is -1.82. The number of halogens is 2. The van der Waals surface area contributed by atoms with Gasteiger partial charge >= 0.3 is 0 Å². The third kappa shape index (κ3) is 2.78. The predicted molar refractivity (Wildman–Crippen MR) is 70.7 cm³/mol. The van der Waals surface area contributed by atoms with Crippen molar-refractivity contribution in [3.8, 4) is 0 Å². The van der Waals surface area contributed by atoms with Crippen LogP contribution >= 0.6 is 12.2 Å². The molecule has 1 aromatic carbocycles. The number of rotatable bonds is 3. The number of H-pyrrole nitrogens is 2. The lowest BCUT2D eigenvalue weighted by atomic mass is 9.92. The lowest BCUT2D eigenvalue weighted by molar-refractivity contribution is 0.532. The predicted octanol–water partition coefficient (Wildman–Crippen LogP) is 3.25. The lowest BCUT2D eigenvalue weighted by Crippen LogP contribution is -2.14. The van der Waals surface area contributed by atoms with E-state index in [1.807, 2.05) is 0 Å². The number of aromatic nitrogens is 2. The summed E-state index contributed by atoms with van der Waals surface area (Å²) in [6.45, 7) is 1.79. The molecule has 1 unspecified atom stereocenters. The van der Waals surface area contributed by atoms with Crippen LogP contribution in [0.3, 0.4) is 0 Å². The van der Waals surface area contributed by atoms with Crippen molar-refractivity contribution < 1.29 is 8.78 Å². The lowest BCUT2D eigenvalue weighted by Gasteiger charge is -2.16. The molecule has 0 saturated heterocycles. The molecule has 2 rings (SSSR count). The topological polar surface area (TPSA) is 48.6 Å². The van der Waals surface area contributed by atoms with Gasteiger partial charge in [-0.1, -0.05) is 13.0 Å². The van der Waals surface area contributed by atoms with E-state index in [0.29, 0.717) is 12.1 Å². The van der Waals surface area contributed by atoms with E-state index in [4.69, 9.17) is 12.2 Å². The summed E-state index contributed by atoms with van der Waals surface area (Å²) in [6.07, 6.45) is 0.437. The molecule has 0 aliphatic carbocycles. The number of hydrogen-bond donors (Lipinski definition) is 2. The molecule has 0 aliphatic rings. The highest BCUT2D eigenvalue weighted by Crippen LogP contribution is 2.29. The minimum atomic E-state index is -0.633. The van der Waals surface area contributed by atoms with E-state index in [9.17, 15) is 13.6 Å². The van der Waals surface area contributed by atoms with E-state index < -0.39 is 23.1 Å². The van der Waals surface area contributed by atoms with Crippen LogP contribution in [0.15, 0.2) is 29.1 Å². The maximum atomic E-state index is 13.8. The highest BCUT2D eigenvalue weighted by atomic mass is 32.1. The van der Waals surface area contributed by atoms with Crippen LogP contribution in [0.25, 0.3) is 0 Å². The molecule has 100 valence electrons. The van der Waals surface area contributed by atoms with Crippen molar-refractivity contribution in [1.82, 2.24) is 9.97 Å². The van der Waals surface area contributed by atoms with Gasteiger partial charge in [-0.25, -0.2) is 8.78 Å². The van der Waals surface area contributed by atoms with Gasteiger partial charge < -0.3 is 4.98 Å². The second-order valence-corrected chi connectivity index (χ2v) is 4.55. The van der Waals surface area contributed by atoms with Crippen LogP contribution < -0.4 is 5.56 Å². The maximum absolute atomic E-state index is 13.8. The SMILES string of the molecule is CCC(c1cc(=O)[nH]c(=S)[nH]1)c1c(F)cccc1F. The van der Waals surface area contributed by atoms with Gasteiger partial charge in [-0.3, -0.25) is 9.78 Å². The third-order valence-electron chi connectivity index (χ3n) is 2.91. The molecule has 0 fully saturated rings. The first kappa shape index (κ1) is 13.6. The van der Waals surface area contributed by atoms with E-state index in [2.05, 4.69) is 9.97 Å². The minimum absolute atomic E-state index is 0.0544. The van der Waals surface area contributed by atoms with Gasteiger partial charge in [0.05, 0.1) is 0 Å². The molecule has 1 aromatic heterocycles. The Kier molecular flexibility index (Phi) is 3.90. The molecular formula is C13H12F2N2OS. The molecule has 3 nitrogen and oxygen atoms in total. The Bertz CT molecular complexity index is 660. The van der Waals surface area contributed by atoms with Crippen LogP contribution in [-0.2, 0) is 0 Å². The second-order valence-electron chi connectivity index (χ2n) is 4.14. The number of aromatic amines is 2. The van der Waals surface area contributed by atoms with Crippen molar-refractivity contribution in [3.05, 3.63) is 62.3 Å². The quantitative estimate of drug-likeness (QED) is 0.849. The largest absolute Gasteiger partial charge is 0.335 e. The smallest absolute Gasteiger partial charge is 0.251 e. The van der Waals surface area contributed by atoms with Crippen molar-refractivity contribution in [3.63, 3.8) is 0 Å². The average molecular weight is 282 g/mol. The fraction of sp³-hybridized carbons (Fsp3) is 0.231. The summed E-state index contributed by atoms with van der Waals surface area (Å²) in [5, 5.41) is 0. The molecule has 0 bridgehead atoms. The molecule has 1 heterocycles. The Balaban J connectivity index is 2.63. The van der Waals surface area contributed by atoms with Crippen molar-refractivity contribution in [2.24, 2.45) is 0 Å². The first-order valence-electron chi connectivity index (χ1n) is 5.80. The molecule has 2 aromatic rings. The van der Waals surface area contributed by atoms with Gasteiger partial charge in [0, 0.05) is 23.2 Å². The molecule has 0 radical (unpaired) electrons. The number of hydrogen-bond acceptors (Lipinski definition) is 2. The summed E-state index contributed by atoms with van der Waals surface area (Å²) in [5.41, 5.74) is -0.0459. The summed E-state index contributed by atoms with van der Waals surface area (Å²) in [5.74, 6) is -1.84. The van der Waals surface area contributed by atoms with Gasteiger partial charge in [-0.2, -0.15) is 0 Å². The summed E-state index contributed by atoms with van der Waals surface area (Å²) in [7, 11) is 0. The average Bonchev–Trinajstić information content (AvgIpc) is 2.32. The summed E-state index contributed by atoms with van der Waals surface area (Å²) < 4.78 is 27.8. The van der Waals surface area contributed by atoms with E-state index in [1.165, 1.54) is 24.3 Å². The molecule has 0 saturated carbocycles. The molecule has 19 heavy (non-hydrogen) atoms. The Morgan fingerprint density at radius 1 is 1.26 bits per heavy atom. The fourth-order valence-corrected chi connectivity index (χ4v) is 2.32. The molecule has 1 atom stereocenters. The van der Waals surface area contributed by atoms with Crippen molar-refractivity contribution >= 4 is 12.2 Å². The molecular weight excluding hydrogens is 270 g/mol. The first-order chi connectivity index (χ1) is 9.02. The Morgan fingerprint density at radius 3 is 2.42 bits per heavy atom. The van der Waals surface area contributed by atoms with Crippen molar-refractivity contribution in [2.75, 3.05) is 0 Å². The zero-order valence-electron chi connectivity index (χ0n) is 10.2. The van der Waals surface area contributed by atoms with Gasteiger partial charge in [0.15, 0.2) is 4.77 Å². The van der Waals surface area contributed by atoms with Gasteiger partial charge in [-0.05, 0) is 30.8 Å². The summed E-state index contributed by atoms with van der Waals surface area (Å²) in [4.78, 5) is 16.6. The standard InChI is InChI=1S/C13H12F2N2OS/c1-2-7(10-6-11(18)17-13(19)16-10)12-8(14)4-3-5-9(12)15/h3-7H,2H2,1H3,(H2,16,17,18,19). The van der Waals surface area contributed by atoms with Crippen molar-refractivity contribution in [1.29, 1.82) is 0 Å². The van der Waals surface area contributed by atoms with Crippen LogP contribution in [-0.4, -0.2) is 9.97 Å². The molecule has 0 spiro atoms. The third-order valence-corrected chi connectivity index (χ3v) is 3.12. The monoisotopic (exact) mass is 282 g/mol. The van der Waals surface area contributed by atoms with E-state index >= 15 is 0 Å². The zero-order valence-corrected chi connectivity index (χ0v) is 11.0. The fourth-order valence-electron chi connectivity index (χ4n) is 2.10. The zero-order chi connectivity index (χ0) is 14.0. The van der Waals surface area contributed by atoms with Crippen molar-refractivity contribution in [2.45, 2.75) is 19.3 Å². The summed E-state index contributed by atoms with van der Waals surface area (Å²) in [6, 6.07) is 4.97. The van der Waals surface area contributed by atoms with Gasteiger partial charge in [0.2, 0.25) is 0 Å². The van der Waals surface area contributed by atoms with Crippen LogP contribution in [0.5, 0.6) is 0 Å². The highest BCUT2D eigenvalue weighted by Gasteiger charge is 2.21. The second kappa shape index (κ2) is 5.44. The number of benzene rings is 1. The van der Waals surface area contributed by atoms with Crippen LogP contribution in [0.4, 0.5) is 8.78 Å².